The third kappa shape index (κ3) is 6.12. The molecule has 1 aliphatic carbocycles. The standard InChI is InChI=1S/C33H50/c1-6-11-16-25-21-22-27-24-28-23-26(17-12-7-2)29(18-13-8-3)31(20-15-10-5)33(28)32(27)30(25)19-14-9-4/h21-23H,6-20,24H2,1-5H3. The van der Waals surface area contributed by atoms with Crippen LogP contribution in [0.1, 0.15) is 138 Å². The summed E-state index contributed by atoms with van der Waals surface area (Å²) in [6.07, 6.45) is 20.5. The Morgan fingerprint density at radius 3 is 1.58 bits per heavy atom. The summed E-state index contributed by atoms with van der Waals surface area (Å²) >= 11 is 0. The predicted octanol–water partition coefficient (Wildman–Crippen LogP) is 9.97. The van der Waals surface area contributed by atoms with Crippen molar-refractivity contribution in [2.45, 2.75) is 137 Å². The molecular weight excluding hydrogens is 396 g/mol. The smallest absolute Gasteiger partial charge is 0.00131 e. The highest BCUT2D eigenvalue weighted by atomic mass is 14.3. The van der Waals surface area contributed by atoms with Crippen molar-refractivity contribution in [2.75, 3.05) is 0 Å². The fourth-order valence-electron chi connectivity index (χ4n) is 5.89. The van der Waals surface area contributed by atoms with Crippen molar-refractivity contribution in [1.82, 2.24) is 0 Å². The van der Waals surface area contributed by atoms with E-state index in [4.69, 9.17) is 0 Å². The second kappa shape index (κ2) is 13.4. The molecule has 0 radical (unpaired) electrons. The fourth-order valence-corrected chi connectivity index (χ4v) is 5.89. The number of hydrogen-bond acceptors (Lipinski definition) is 0. The Labute approximate surface area is 205 Å². The molecule has 182 valence electrons. The second-order valence-corrected chi connectivity index (χ2v) is 10.5. The van der Waals surface area contributed by atoms with Gasteiger partial charge in [-0.3, -0.25) is 0 Å². The zero-order valence-corrected chi connectivity index (χ0v) is 22.5. The van der Waals surface area contributed by atoms with Crippen LogP contribution in [0.5, 0.6) is 0 Å². The lowest BCUT2D eigenvalue weighted by molar-refractivity contribution is 0.734. The van der Waals surface area contributed by atoms with Crippen LogP contribution in [0.15, 0.2) is 18.2 Å². The van der Waals surface area contributed by atoms with Gasteiger partial charge in [-0.1, -0.05) is 84.9 Å². The maximum Gasteiger partial charge on any atom is -0.00131 e. The van der Waals surface area contributed by atoms with E-state index >= 15 is 0 Å². The molecule has 0 fully saturated rings. The molecule has 2 aromatic rings. The number of benzene rings is 2. The minimum Gasteiger partial charge on any atom is -0.0654 e. The second-order valence-electron chi connectivity index (χ2n) is 10.5. The quantitative estimate of drug-likeness (QED) is 0.218. The zero-order chi connectivity index (χ0) is 23.6. The fraction of sp³-hybridized carbons (Fsp3) is 0.636. The van der Waals surface area contributed by atoms with Crippen molar-refractivity contribution in [1.29, 1.82) is 0 Å². The first-order valence-electron chi connectivity index (χ1n) is 14.5. The number of fused-ring (bicyclic) bond motifs is 3. The maximum atomic E-state index is 2.65. The minimum absolute atomic E-state index is 1.16. The van der Waals surface area contributed by atoms with E-state index in [1.807, 2.05) is 0 Å². The molecular formula is C33H50. The van der Waals surface area contributed by atoms with Crippen LogP contribution in [-0.2, 0) is 38.5 Å². The Kier molecular flexibility index (Phi) is 10.5. The molecule has 0 aliphatic heterocycles. The summed E-state index contributed by atoms with van der Waals surface area (Å²) < 4.78 is 0. The highest BCUT2D eigenvalue weighted by Gasteiger charge is 2.28. The summed E-state index contributed by atoms with van der Waals surface area (Å²) in [5.74, 6) is 0. The molecule has 1 aliphatic rings. The lowest BCUT2D eigenvalue weighted by atomic mass is 9.82. The molecule has 0 saturated carbocycles. The average molecular weight is 447 g/mol. The summed E-state index contributed by atoms with van der Waals surface area (Å²) in [6, 6.07) is 7.64. The van der Waals surface area contributed by atoms with Gasteiger partial charge in [0.1, 0.15) is 0 Å². The van der Waals surface area contributed by atoms with Crippen LogP contribution >= 0.6 is 0 Å². The Morgan fingerprint density at radius 2 is 0.970 bits per heavy atom. The molecule has 33 heavy (non-hydrogen) atoms. The van der Waals surface area contributed by atoms with E-state index in [0.29, 0.717) is 0 Å². The molecule has 0 saturated heterocycles. The largest absolute Gasteiger partial charge is 0.0654 e. The summed E-state index contributed by atoms with van der Waals surface area (Å²) in [7, 11) is 0. The first kappa shape index (κ1) is 26.1. The van der Waals surface area contributed by atoms with Crippen molar-refractivity contribution in [3.05, 3.63) is 57.1 Å². The molecule has 0 bridgehead atoms. The number of aryl methyl sites for hydroxylation is 2. The number of hydrogen-bond donors (Lipinski definition) is 0. The van der Waals surface area contributed by atoms with Gasteiger partial charge in [0.05, 0.1) is 0 Å². The summed E-state index contributed by atoms with van der Waals surface area (Å²) in [5.41, 5.74) is 15.2. The van der Waals surface area contributed by atoms with Gasteiger partial charge in [-0.25, -0.2) is 0 Å². The molecule has 2 aromatic carbocycles. The highest BCUT2D eigenvalue weighted by Crippen LogP contribution is 2.46. The van der Waals surface area contributed by atoms with Crippen molar-refractivity contribution in [2.24, 2.45) is 0 Å². The van der Waals surface area contributed by atoms with Crippen LogP contribution in [0.25, 0.3) is 11.1 Å². The van der Waals surface area contributed by atoms with Gasteiger partial charge in [-0.15, -0.1) is 0 Å². The normalized spacial score (nSPS) is 12.3. The summed E-state index contributed by atoms with van der Waals surface area (Å²) in [4.78, 5) is 0. The van der Waals surface area contributed by atoms with E-state index in [0.717, 1.165) is 6.42 Å². The molecule has 0 amide bonds. The summed E-state index contributed by atoms with van der Waals surface area (Å²) in [5, 5.41) is 0. The van der Waals surface area contributed by atoms with Crippen molar-refractivity contribution in [3.63, 3.8) is 0 Å². The first-order valence-corrected chi connectivity index (χ1v) is 14.5. The van der Waals surface area contributed by atoms with Crippen LogP contribution in [-0.4, -0.2) is 0 Å². The van der Waals surface area contributed by atoms with E-state index in [-0.39, 0.29) is 0 Å². The Hall–Kier alpha value is -1.56. The van der Waals surface area contributed by atoms with Crippen LogP contribution < -0.4 is 0 Å². The van der Waals surface area contributed by atoms with Crippen LogP contribution in [0, 0.1) is 0 Å². The number of unbranched alkanes of at least 4 members (excludes halogenated alkanes) is 5. The third-order valence-corrected chi connectivity index (χ3v) is 7.79. The lowest BCUT2D eigenvalue weighted by Gasteiger charge is -2.22. The van der Waals surface area contributed by atoms with Gasteiger partial charge >= 0.3 is 0 Å². The van der Waals surface area contributed by atoms with Gasteiger partial charge < -0.3 is 0 Å². The molecule has 0 nitrogen and oxygen atoms in total. The van der Waals surface area contributed by atoms with Gasteiger partial charge in [0.15, 0.2) is 0 Å². The average Bonchev–Trinajstić information content (AvgIpc) is 3.20. The number of rotatable bonds is 15. The van der Waals surface area contributed by atoms with Crippen molar-refractivity contribution < 1.29 is 0 Å². The monoisotopic (exact) mass is 446 g/mol. The van der Waals surface area contributed by atoms with Crippen LogP contribution in [0.4, 0.5) is 0 Å². The molecule has 0 aromatic heterocycles. The third-order valence-electron chi connectivity index (χ3n) is 7.79. The SMILES string of the molecule is CCCCc1cc2c(c(CCCC)c1CCCC)-c1c(ccc(CCCC)c1CCCC)C2. The predicted molar refractivity (Wildman–Crippen MR) is 148 cm³/mol. The van der Waals surface area contributed by atoms with Gasteiger partial charge in [0.25, 0.3) is 0 Å². The first-order chi connectivity index (χ1) is 16.2. The topological polar surface area (TPSA) is 0 Å². The van der Waals surface area contributed by atoms with Gasteiger partial charge in [-0.05, 0) is 121 Å². The van der Waals surface area contributed by atoms with Crippen molar-refractivity contribution >= 4 is 0 Å². The van der Waals surface area contributed by atoms with Gasteiger partial charge in [0.2, 0.25) is 0 Å². The molecule has 0 heterocycles. The molecule has 0 N–H and O–H groups in total. The summed E-state index contributed by atoms with van der Waals surface area (Å²) in [6.45, 7) is 11.7. The van der Waals surface area contributed by atoms with E-state index in [9.17, 15) is 0 Å². The Bertz CT molecular complexity index is 886. The zero-order valence-electron chi connectivity index (χ0n) is 22.5. The highest BCUT2D eigenvalue weighted by molar-refractivity contribution is 5.84. The minimum atomic E-state index is 1.16. The molecule has 3 rings (SSSR count). The van der Waals surface area contributed by atoms with E-state index in [1.165, 1.54) is 96.3 Å². The van der Waals surface area contributed by atoms with E-state index < -0.39 is 0 Å². The van der Waals surface area contributed by atoms with Crippen LogP contribution in [0.2, 0.25) is 0 Å². The Balaban J connectivity index is 2.22. The van der Waals surface area contributed by atoms with E-state index in [1.54, 1.807) is 50.1 Å². The van der Waals surface area contributed by atoms with Crippen LogP contribution in [0.3, 0.4) is 0 Å². The Morgan fingerprint density at radius 1 is 0.485 bits per heavy atom. The molecule has 0 unspecified atom stereocenters. The lowest BCUT2D eigenvalue weighted by Crippen LogP contribution is -2.06. The maximum absolute atomic E-state index is 2.65. The van der Waals surface area contributed by atoms with Gasteiger partial charge in [0, 0.05) is 0 Å². The molecule has 0 heteroatoms. The van der Waals surface area contributed by atoms with Crippen molar-refractivity contribution in [3.8, 4) is 11.1 Å². The van der Waals surface area contributed by atoms with Gasteiger partial charge in [-0.2, -0.15) is 0 Å². The molecule has 0 atom stereocenters. The molecule has 0 spiro atoms. The van der Waals surface area contributed by atoms with E-state index in [2.05, 4.69) is 52.8 Å².